The maximum Gasteiger partial charge on any atom is 0.418 e. The van der Waals surface area contributed by atoms with Crippen molar-refractivity contribution < 1.29 is 17.6 Å². The number of alkyl halides is 3. The van der Waals surface area contributed by atoms with E-state index in [0.29, 0.717) is 5.56 Å². The average Bonchev–Trinajstić information content (AvgIpc) is 2.36. The van der Waals surface area contributed by atoms with Gasteiger partial charge in [-0.25, -0.2) is 4.39 Å². The zero-order valence-electron chi connectivity index (χ0n) is 10.9. The zero-order chi connectivity index (χ0) is 15.8. The molecule has 2 aromatic rings. The van der Waals surface area contributed by atoms with Crippen molar-refractivity contribution in [3.8, 4) is 0 Å². The van der Waals surface area contributed by atoms with Gasteiger partial charge in [-0.15, -0.1) is 0 Å². The average molecular weight is 363 g/mol. The normalized spacial score (nSPS) is 11.5. The van der Waals surface area contributed by atoms with Crippen molar-refractivity contribution >= 4 is 33.0 Å². The van der Waals surface area contributed by atoms with Gasteiger partial charge in [0.15, 0.2) is 0 Å². The molecule has 0 spiro atoms. The summed E-state index contributed by atoms with van der Waals surface area (Å²) in [5.41, 5.74) is 5.19. The van der Waals surface area contributed by atoms with Crippen LogP contribution in [-0.2, 0) is 6.18 Å². The lowest BCUT2D eigenvalue weighted by Crippen LogP contribution is -2.10. The first kappa shape index (κ1) is 15.6. The van der Waals surface area contributed by atoms with Crippen molar-refractivity contribution in [3.05, 3.63) is 51.7 Å². The van der Waals surface area contributed by atoms with Crippen LogP contribution in [0.4, 0.5) is 34.6 Å². The fraction of sp³-hybridized carbons (Fsp3) is 0.143. The summed E-state index contributed by atoms with van der Waals surface area (Å²) in [6.45, 7) is 1.66. The fourth-order valence-electron chi connectivity index (χ4n) is 1.83. The summed E-state index contributed by atoms with van der Waals surface area (Å²) in [7, 11) is 0. The Labute approximate surface area is 127 Å². The van der Waals surface area contributed by atoms with Crippen molar-refractivity contribution in [1.29, 1.82) is 0 Å². The molecule has 2 aromatic carbocycles. The van der Waals surface area contributed by atoms with Crippen LogP contribution in [-0.4, -0.2) is 0 Å². The fourth-order valence-corrected chi connectivity index (χ4v) is 2.29. The van der Waals surface area contributed by atoms with Crippen molar-refractivity contribution in [2.45, 2.75) is 13.1 Å². The Bertz CT molecular complexity index is 683. The van der Waals surface area contributed by atoms with Gasteiger partial charge < -0.3 is 11.1 Å². The van der Waals surface area contributed by atoms with Crippen molar-refractivity contribution in [2.75, 3.05) is 11.1 Å². The van der Waals surface area contributed by atoms with E-state index in [4.69, 9.17) is 5.73 Å². The Morgan fingerprint density at radius 3 is 2.38 bits per heavy atom. The van der Waals surface area contributed by atoms with E-state index in [2.05, 4.69) is 21.2 Å². The summed E-state index contributed by atoms with van der Waals surface area (Å²) in [6.07, 6.45) is -4.56. The molecule has 0 unspecified atom stereocenters. The molecule has 0 aliphatic rings. The third-order valence-electron chi connectivity index (χ3n) is 2.89. The predicted molar refractivity (Wildman–Crippen MR) is 78.0 cm³/mol. The largest absolute Gasteiger partial charge is 0.418 e. The second kappa shape index (κ2) is 5.55. The lowest BCUT2D eigenvalue weighted by atomic mass is 10.1. The third kappa shape index (κ3) is 3.47. The van der Waals surface area contributed by atoms with Gasteiger partial charge in [0.2, 0.25) is 0 Å². The number of hydrogen-bond donors (Lipinski definition) is 2. The number of aryl methyl sites for hydroxylation is 1. The van der Waals surface area contributed by atoms with Gasteiger partial charge in [0.1, 0.15) is 5.82 Å². The molecular formula is C14H11BrF4N2. The van der Waals surface area contributed by atoms with Crippen LogP contribution in [0.15, 0.2) is 34.8 Å². The quantitative estimate of drug-likeness (QED) is 0.566. The number of halogens is 5. The van der Waals surface area contributed by atoms with Gasteiger partial charge in [0.05, 0.1) is 15.7 Å². The van der Waals surface area contributed by atoms with Crippen LogP contribution in [0.5, 0.6) is 0 Å². The Balaban J connectivity index is 2.47. The molecule has 2 rings (SSSR count). The second-order valence-corrected chi connectivity index (χ2v) is 5.36. The molecule has 3 N–H and O–H groups in total. The molecule has 2 nitrogen and oxygen atoms in total. The van der Waals surface area contributed by atoms with Crippen LogP contribution in [0.25, 0.3) is 0 Å². The minimum Gasteiger partial charge on any atom is -0.399 e. The molecule has 0 saturated heterocycles. The molecule has 0 amide bonds. The molecule has 0 aliphatic carbocycles. The Morgan fingerprint density at radius 2 is 1.76 bits per heavy atom. The lowest BCUT2D eigenvalue weighted by Gasteiger charge is -2.17. The summed E-state index contributed by atoms with van der Waals surface area (Å²) in [6, 6.07) is 6.03. The van der Waals surface area contributed by atoms with Crippen molar-refractivity contribution in [3.63, 3.8) is 0 Å². The summed E-state index contributed by atoms with van der Waals surface area (Å²) >= 11 is 3.02. The summed E-state index contributed by atoms with van der Waals surface area (Å²) in [4.78, 5) is 0. The molecule has 0 heterocycles. The monoisotopic (exact) mass is 362 g/mol. The number of benzene rings is 2. The maximum atomic E-state index is 13.5. The molecule has 0 aliphatic heterocycles. The minimum absolute atomic E-state index is 0.00610. The van der Waals surface area contributed by atoms with Crippen LogP contribution < -0.4 is 11.1 Å². The van der Waals surface area contributed by atoms with E-state index in [1.165, 1.54) is 18.2 Å². The van der Waals surface area contributed by atoms with Gasteiger partial charge in [0, 0.05) is 11.4 Å². The van der Waals surface area contributed by atoms with Gasteiger partial charge in [-0.1, -0.05) is 0 Å². The van der Waals surface area contributed by atoms with Crippen LogP contribution in [0.3, 0.4) is 0 Å². The number of nitrogen functional groups attached to an aromatic ring is 1. The molecule has 0 aromatic heterocycles. The molecule has 21 heavy (non-hydrogen) atoms. The van der Waals surface area contributed by atoms with E-state index in [0.717, 1.165) is 12.1 Å². The summed E-state index contributed by atoms with van der Waals surface area (Å²) in [5.74, 6) is -0.563. The highest BCUT2D eigenvalue weighted by Crippen LogP contribution is 2.38. The third-order valence-corrected chi connectivity index (χ3v) is 3.49. The van der Waals surface area contributed by atoms with Gasteiger partial charge in [-0.2, -0.15) is 13.2 Å². The van der Waals surface area contributed by atoms with Gasteiger partial charge >= 0.3 is 6.18 Å². The lowest BCUT2D eigenvalue weighted by molar-refractivity contribution is -0.136. The van der Waals surface area contributed by atoms with E-state index in [9.17, 15) is 17.6 Å². The van der Waals surface area contributed by atoms with Crippen molar-refractivity contribution in [2.24, 2.45) is 0 Å². The number of nitrogens with two attached hydrogens (primary N) is 1. The topological polar surface area (TPSA) is 38.0 Å². The van der Waals surface area contributed by atoms with E-state index < -0.39 is 17.6 Å². The Morgan fingerprint density at radius 1 is 1.10 bits per heavy atom. The number of nitrogens with one attached hydrogen (secondary N) is 1. The number of hydrogen-bond acceptors (Lipinski definition) is 2. The van der Waals surface area contributed by atoms with E-state index >= 15 is 0 Å². The maximum absolute atomic E-state index is 13.5. The Kier molecular flexibility index (Phi) is 4.13. The van der Waals surface area contributed by atoms with Gasteiger partial charge in [0.25, 0.3) is 0 Å². The standard InChI is InChI=1S/C14H11BrF4N2/c1-7-4-10(15)11(16)6-13(7)21-12-3-2-8(20)5-9(12)14(17,18)19/h2-6,21H,20H2,1H3. The highest BCUT2D eigenvalue weighted by atomic mass is 79.9. The first-order chi connectivity index (χ1) is 9.68. The Hall–Kier alpha value is -1.76. The number of anilines is 3. The highest BCUT2D eigenvalue weighted by Gasteiger charge is 2.33. The van der Waals surface area contributed by atoms with Gasteiger partial charge in [-0.05, 0) is 58.7 Å². The first-order valence-electron chi connectivity index (χ1n) is 5.88. The van der Waals surface area contributed by atoms with Gasteiger partial charge in [-0.3, -0.25) is 0 Å². The number of rotatable bonds is 2. The van der Waals surface area contributed by atoms with Crippen LogP contribution in [0, 0.1) is 12.7 Å². The molecular weight excluding hydrogens is 352 g/mol. The SMILES string of the molecule is Cc1cc(Br)c(F)cc1Nc1ccc(N)cc1C(F)(F)F. The van der Waals surface area contributed by atoms with E-state index in [1.807, 2.05) is 0 Å². The van der Waals surface area contributed by atoms with Crippen LogP contribution >= 0.6 is 15.9 Å². The zero-order valence-corrected chi connectivity index (χ0v) is 12.4. The minimum atomic E-state index is -4.56. The molecule has 0 atom stereocenters. The first-order valence-corrected chi connectivity index (χ1v) is 6.67. The van der Waals surface area contributed by atoms with E-state index in [-0.39, 0.29) is 21.5 Å². The highest BCUT2D eigenvalue weighted by molar-refractivity contribution is 9.10. The molecule has 0 radical (unpaired) electrons. The summed E-state index contributed by atoms with van der Waals surface area (Å²) < 4.78 is 52.8. The molecule has 112 valence electrons. The van der Waals surface area contributed by atoms with Crippen LogP contribution in [0.2, 0.25) is 0 Å². The molecule has 0 fully saturated rings. The summed E-state index contributed by atoms with van der Waals surface area (Å²) in [5, 5.41) is 2.61. The predicted octanol–water partition coefficient (Wildman–Crippen LogP) is 5.24. The molecule has 0 bridgehead atoms. The van der Waals surface area contributed by atoms with Crippen molar-refractivity contribution in [1.82, 2.24) is 0 Å². The molecule has 0 saturated carbocycles. The van der Waals surface area contributed by atoms with E-state index in [1.54, 1.807) is 6.92 Å². The molecule has 7 heteroatoms. The van der Waals surface area contributed by atoms with Crippen LogP contribution in [0.1, 0.15) is 11.1 Å². The smallest absolute Gasteiger partial charge is 0.399 e. The second-order valence-electron chi connectivity index (χ2n) is 4.51.